The summed E-state index contributed by atoms with van der Waals surface area (Å²) in [5.74, 6) is -0.346. The first-order valence-corrected chi connectivity index (χ1v) is 8.94. The number of benzene rings is 1. The highest BCUT2D eigenvalue weighted by Crippen LogP contribution is 2.17. The third-order valence-corrected chi connectivity index (χ3v) is 4.85. The fourth-order valence-electron chi connectivity index (χ4n) is 1.69. The van der Waals surface area contributed by atoms with Crippen LogP contribution in [0.1, 0.15) is 11.8 Å². The molecular weight excluding hydrogens is 337 g/mol. The van der Waals surface area contributed by atoms with Gasteiger partial charge in [0.15, 0.2) is 6.10 Å². The summed E-state index contributed by atoms with van der Waals surface area (Å²) in [5.41, 5.74) is 0.450. The van der Waals surface area contributed by atoms with Gasteiger partial charge in [-0.15, -0.1) is 23.1 Å². The number of thioether (sulfide) groups is 1. The lowest BCUT2D eigenvalue weighted by atomic mass is 10.3. The van der Waals surface area contributed by atoms with Gasteiger partial charge in [0.1, 0.15) is 5.82 Å². The Morgan fingerprint density at radius 3 is 2.70 bits per heavy atom. The predicted molar refractivity (Wildman–Crippen MR) is 91.1 cm³/mol. The Morgan fingerprint density at radius 1 is 1.30 bits per heavy atom. The van der Waals surface area contributed by atoms with E-state index in [1.54, 1.807) is 11.3 Å². The summed E-state index contributed by atoms with van der Waals surface area (Å²) < 4.78 is 17.9. The highest BCUT2D eigenvalue weighted by molar-refractivity contribution is 7.99. The average molecular weight is 353 g/mol. The minimum Gasteiger partial charge on any atom is -0.452 e. The lowest BCUT2D eigenvalue weighted by Gasteiger charge is -2.13. The molecule has 1 amide bonds. The first-order valence-electron chi connectivity index (χ1n) is 6.90. The third kappa shape index (κ3) is 6.03. The maximum absolute atomic E-state index is 12.8. The summed E-state index contributed by atoms with van der Waals surface area (Å²) in [4.78, 5) is 24.8. The number of hydrogen-bond acceptors (Lipinski definition) is 5. The summed E-state index contributed by atoms with van der Waals surface area (Å²) in [6.07, 6.45) is -0.908. The molecule has 122 valence electrons. The van der Waals surface area contributed by atoms with Crippen LogP contribution in [0.25, 0.3) is 0 Å². The number of amides is 1. The molecule has 1 N–H and O–H groups in total. The zero-order valence-electron chi connectivity index (χ0n) is 12.5. The molecule has 1 aromatic carbocycles. The molecule has 1 heterocycles. The van der Waals surface area contributed by atoms with Gasteiger partial charge in [-0.3, -0.25) is 9.59 Å². The zero-order valence-corrected chi connectivity index (χ0v) is 14.1. The third-order valence-electron chi connectivity index (χ3n) is 2.83. The largest absolute Gasteiger partial charge is 0.452 e. The molecule has 0 radical (unpaired) electrons. The van der Waals surface area contributed by atoms with Gasteiger partial charge in [-0.05, 0) is 42.6 Å². The first-order chi connectivity index (χ1) is 11.0. The van der Waals surface area contributed by atoms with E-state index >= 15 is 0 Å². The van der Waals surface area contributed by atoms with Crippen LogP contribution < -0.4 is 5.32 Å². The molecule has 1 aromatic heterocycles. The van der Waals surface area contributed by atoms with Gasteiger partial charge in [0.2, 0.25) is 0 Å². The number of nitrogens with one attached hydrogen (secondary N) is 1. The van der Waals surface area contributed by atoms with E-state index < -0.39 is 18.0 Å². The van der Waals surface area contributed by atoms with Gasteiger partial charge in [0.25, 0.3) is 5.91 Å². The van der Waals surface area contributed by atoms with E-state index in [-0.39, 0.29) is 11.6 Å². The topological polar surface area (TPSA) is 55.4 Å². The molecule has 1 atom stereocenters. The van der Waals surface area contributed by atoms with E-state index in [0.717, 1.165) is 5.75 Å². The number of ether oxygens (including phenoxy) is 1. The molecular formula is C16H16FNO3S2. The number of anilines is 1. The minimum absolute atomic E-state index is 0.187. The van der Waals surface area contributed by atoms with Crippen LogP contribution in [0.3, 0.4) is 0 Å². The van der Waals surface area contributed by atoms with Crippen molar-refractivity contribution >= 4 is 40.7 Å². The quantitative estimate of drug-likeness (QED) is 0.772. The van der Waals surface area contributed by atoms with E-state index in [1.165, 1.54) is 47.8 Å². The standard InChI is InChI=1S/C16H16FNO3S2/c1-11(16(20)18-13-6-4-12(17)5-7-13)21-15(19)10-22-9-14-3-2-8-23-14/h2-8,11H,9-10H2,1H3,(H,18,20)/t11-/m0/s1. The van der Waals surface area contributed by atoms with Crippen LogP contribution in [0.5, 0.6) is 0 Å². The van der Waals surface area contributed by atoms with Crippen LogP contribution in [0, 0.1) is 5.82 Å². The van der Waals surface area contributed by atoms with E-state index in [2.05, 4.69) is 5.32 Å². The summed E-state index contributed by atoms with van der Waals surface area (Å²) >= 11 is 3.07. The van der Waals surface area contributed by atoms with Crippen molar-refractivity contribution in [2.24, 2.45) is 0 Å². The number of thiophene rings is 1. The number of carbonyl (C=O) groups excluding carboxylic acids is 2. The van der Waals surface area contributed by atoms with Crippen molar-refractivity contribution in [1.29, 1.82) is 0 Å². The van der Waals surface area contributed by atoms with Gasteiger partial charge in [-0.25, -0.2) is 4.39 Å². The van der Waals surface area contributed by atoms with Gasteiger partial charge in [-0.1, -0.05) is 6.07 Å². The second kappa shape index (κ2) is 8.69. The molecule has 0 aliphatic carbocycles. The van der Waals surface area contributed by atoms with E-state index in [0.29, 0.717) is 5.69 Å². The normalized spacial score (nSPS) is 11.7. The molecule has 0 aliphatic rings. The van der Waals surface area contributed by atoms with Crippen molar-refractivity contribution < 1.29 is 18.7 Å². The monoisotopic (exact) mass is 353 g/mol. The van der Waals surface area contributed by atoms with Gasteiger partial charge < -0.3 is 10.1 Å². The molecule has 2 aromatic rings. The summed E-state index contributed by atoms with van der Waals surface area (Å²) in [7, 11) is 0. The Hall–Kier alpha value is -1.86. The molecule has 7 heteroatoms. The Kier molecular flexibility index (Phi) is 6.61. The molecule has 0 spiro atoms. The molecule has 0 bridgehead atoms. The minimum atomic E-state index is -0.908. The SMILES string of the molecule is C[C@H](OC(=O)CSCc1cccs1)C(=O)Nc1ccc(F)cc1. The maximum Gasteiger partial charge on any atom is 0.316 e. The van der Waals surface area contributed by atoms with Crippen molar-refractivity contribution in [3.63, 3.8) is 0 Å². The van der Waals surface area contributed by atoms with Crippen molar-refractivity contribution in [3.8, 4) is 0 Å². The predicted octanol–water partition coefficient (Wildman–Crippen LogP) is 3.69. The van der Waals surface area contributed by atoms with Gasteiger partial charge in [-0.2, -0.15) is 0 Å². The average Bonchev–Trinajstić information content (AvgIpc) is 3.02. The lowest BCUT2D eigenvalue weighted by molar-refractivity contribution is -0.150. The van der Waals surface area contributed by atoms with Crippen LogP contribution in [-0.2, 0) is 20.1 Å². The zero-order chi connectivity index (χ0) is 16.7. The Labute approximate surface area is 142 Å². The number of esters is 1. The molecule has 0 aliphatic heterocycles. The second-order valence-corrected chi connectivity index (χ2v) is 6.72. The summed E-state index contributed by atoms with van der Waals surface area (Å²) in [5, 5.41) is 4.55. The lowest BCUT2D eigenvalue weighted by Crippen LogP contribution is -2.30. The number of carbonyl (C=O) groups is 2. The smallest absolute Gasteiger partial charge is 0.316 e. The number of halogens is 1. The Balaban J connectivity index is 1.71. The first kappa shape index (κ1) is 17.5. The maximum atomic E-state index is 12.8. The molecule has 0 saturated carbocycles. The van der Waals surface area contributed by atoms with Crippen molar-refractivity contribution in [2.75, 3.05) is 11.1 Å². The van der Waals surface area contributed by atoms with Crippen molar-refractivity contribution in [3.05, 3.63) is 52.5 Å². The number of hydrogen-bond donors (Lipinski definition) is 1. The van der Waals surface area contributed by atoms with Crippen LogP contribution in [0.15, 0.2) is 41.8 Å². The van der Waals surface area contributed by atoms with E-state index in [4.69, 9.17) is 4.74 Å². The second-order valence-electron chi connectivity index (χ2n) is 4.70. The highest BCUT2D eigenvalue weighted by Gasteiger charge is 2.18. The van der Waals surface area contributed by atoms with Crippen molar-refractivity contribution in [2.45, 2.75) is 18.8 Å². The van der Waals surface area contributed by atoms with Crippen LogP contribution in [0.2, 0.25) is 0 Å². The summed E-state index contributed by atoms with van der Waals surface area (Å²) in [6, 6.07) is 9.33. The molecule has 4 nitrogen and oxygen atoms in total. The van der Waals surface area contributed by atoms with Crippen LogP contribution in [0.4, 0.5) is 10.1 Å². The number of rotatable bonds is 7. The van der Waals surface area contributed by atoms with Crippen molar-refractivity contribution in [1.82, 2.24) is 0 Å². The van der Waals surface area contributed by atoms with Crippen LogP contribution >= 0.6 is 23.1 Å². The highest BCUT2D eigenvalue weighted by atomic mass is 32.2. The van der Waals surface area contributed by atoms with E-state index in [1.807, 2.05) is 17.5 Å². The van der Waals surface area contributed by atoms with Crippen LogP contribution in [-0.4, -0.2) is 23.7 Å². The molecule has 0 fully saturated rings. The Morgan fingerprint density at radius 2 is 2.04 bits per heavy atom. The van der Waals surface area contributed by atoms with Gasteiger partial charge in [0.05, 0.1) is 5.75 Å². The Bertz CT molecular complexity index is 644. The molecule has 0 saturated heterocycles. The fourth-order valence-corrected chi connectivity index (χ4v) is 3.34. The molecule has 23 heavy (non-hydrogen) atoms. The van der Waals surface area contributed by atoms with Gasteiger partial charge >= 0.3 is 5.97 Å². The fraction of sp³-hybridized carbons (Fsp3) is 0.250. The molecule has 2 rings (SSSR count). The summed E-state index contributed by atoms with van der Waals surface area (Å²) in [6.45, 7) is 1.50. The molecule has 0 unspecified atom stereocenters. The van der Waals surface area contributed by atoms with Gasteiger partial charge in [0, 0.05) is 16.3 Å². The van der Waals surface area contributed by atoms with E-state index in [9.17, 15) is 14.0 Å².